The molecule has 0 spiro atoms. The summed E-state index contributed by atoms with van der Waals surface area (Å²) in [6.07, 6.45) is 3.35. The van der Waals surface area contributed by atoms with Gasteiger partial charge >= 0.3 is 5.69 Å². The van der Waals surface area contributed by atoms with Gasteiger partial charge < -0.3 is 10.0 Å². The topological polar surface area (TPSA) is 114 Å². The van der Waals surface area contributed by atoms with E-state index in [0.29, 0.717) is 31.4 Å². The van der Waals surface area contributed by atoms with Gasteiger partial charge in [-0.05, 0) is 49.3 Å². The lowest BCUT2D eigenvalue weighted by Gasteiger charge is -2.30. The van der Waals surface area contributed by atoms with Crippen LogP contribution < -0.4 is 11.0 Å². The van der Waals surface area contributed by atoms with Gasteiger partial charge in [0.25, 0.3) is 0 Å². The average molecular weight is 428 g/mol. The van der Waals surface area contributed by atoms with Gasteiger partial charge in [-0.1, -0.05) is 6.07 Å². The maximum absolute atomic E-state index is 12.8. The number of likely N-dealkylation sites (tertiary alicyclic amines) is 1. The minimum atomic E-state index is -0.687. The van der Waals surface area contributed by atoms with Crippen LogP contribution in [0.5, 0.6) is 0 Å². The van der Waals surface area contributed by atoms with Crippen LogP contribution in [0.25, 0.3) is 11.0 Å². The molecule has 2 unspecified atom stereocenters. The molecule has 3 heterocycles. The first-order valence-corrected chi connectivity index (χ1v) is 10.8. The maximum atomic E-state index is 12.8. The van der Waals surface area contributed by atoms with E-state index in [1.54, 1.807) is 7.05 Å². The number of aryl methyl sites for hydroxylation is 2. The summed E-state index contributed by atoms with van der Waals surface area (Å²) >= 11 is 0. The fourth-order valence-corrected chi connectivity index (χ4v) is 4.60. The van der Waals surface area contributed by atoms with Crippen molar-refractivity contribution in [2.75, 3.05) is 19.7 Å². The molecule has 2 aliphatic rings. The number of imidazole rings is 1. The summed E-state index contributed by atoms with van der Waals surface area (Å²) in [6.45, 7) is 1.43. The summed E-state index contributed by atoms with van der Waals surface area (Å²) in [5, 5.41) is 11.5. The molecule has 4 rings (SSSR count). The Morgan fingerprint density at radius 3 is 2.65 bits per heavy atom. The second kappa shape index (κ2) is 8.66. The molecule has 2 aromatic rings. The molecule has 2 saturated heterocycles. The molecule has 9 nitrogen and oxygen atoms in total. The number of nitrogens with one attached hydrogen (secondary N) is 1. The van der Waals surface area contributed by atoms with E-state index in [4.69, 9.17) is 0 Å². The molecule has 3 amide bonds. The second-order valence-electron chi connectivity index (χ2n) is 8.53. The fraction of sp³-hybridized carbons (Fsp3) is 0.545. The van der Waals surface area contributed by atoms with Crippen LogP contribution in [0.3, 0.4) is 0 Å². The molecule has 0 radical (unpaired) electrons. The first-order chi connectivity index (χ1) is 14.9. The second-order valence-corrected chi connectivity index (χ2v) is 8.53. The highest BCUT2D eigenvalue weighted by atomic mass is 16.3. The Morgan fingerprint density at radius 2 is 1.94 bits per heavy atom. The molecule has 0 bridgehead atoms. The number of rotatable bonds is 6. The summed E-state index contributed by atoms with van der Waals surface area (Å²) in [5.41, 5.74) is 2.19. The lowest BCUT2D eigenvalue weighted by Crippen LogP contribution is -2.44. The molecule has 2 aliphatic heterocycles. The first kappa shape index (κ1) is 21.3. The van der Waals surface area contributed by atoms with Crippen LogP contribution in [-0.2, 0) is 27.9 Å². The van der Waals surface area contributed by atoms with Crippen molar-refractivity contribution in [3.63, 3.8) is 0 Å². The zero-order chi connectivity index (χ0) is 22.1. The number of hydrogen-bond acceptors (Lipinski definition) is 5. The van der Waals surface area contributed by atoms with Gasteiger partial charge in [-0.15, -0.1) is 0 Å². The normalized spacial score (nSPS) is 22.3. The molecular weight excluding hydrogens is 400 g/mol. The van der Waals surface area contributed by atoms with Crippen molar-refractivity contribution in [3.8, 4) is 0 Å². The largest absolute Gasteiger partial charge is 0.396 e. The third kappa shape index (κ3) is 4.14. The monoisotopic (exact) mass is 428 g/mol. The number of amides is 3. The number of hydrogen-bond donors (Lipinski definition) is 2. The fourth-order valence-electron chi connectivity index (χ4n) is 4.60. The van der Waals surface area contributed by atoms with Crippen LogP contribution in [-0.4, -0.2) is 56.6 Å². The van der Waals surface area contributed by atoms with Crippen molar-refractivity contribution >= 4 is 28.8 Å². The molecule has 0 saturated carbocycles. The van der Waals surface area contributed by atoms with Crippen molar-refractivity contribution < 1.29 is 19.5 Å². The number of aromatic nitrogens is 2. The zero-order valence-corrected chi connectivity index (χ0v) is 17.7. The van der Waals surface area contributed by atoms with Crippen molar-refractivity contribution in [2.24, 2.45) is 13.0 Å². The van der Waals surface area contributed by atoms with E-state index in [0.717, 1.165) is 30.3 Å². The smallest absolute Gasteiger partial charge is 0.329 e. The van der Waals surface area contributed by atoms with Gasteiger partial charge in [0.2, 0.25) is 17.7 Å². The highest BCUT2D eigenvalue weighted by Crippen LogP contribution is 2.24. The maximum Gasteiger partial charge on any atom is 0.329 e. The highest BCUT2D eigenvalue weighted by Gasteiger charge is 2.31. The molecular formula is C22H28N4O5. The van der Waals surface area contributed by atoms with E-state index < -0.39 is 11.9 Å². The Bertz CT molecular complexity index is 1090. The van der Waals surface area contributed by atoms with E-state index in [1.165, 1.54) is 9.13 Å². The predicted octanol–water partition coefficient (Wildman–Crippen LogP) is 0.481. The molecule has 31 heavy (non-hydrogen) atoms. The van der Waals surface area contributed by atoms with Gasteiger partial charge in [0, 0.05) is 39.6 Å². The molecule has 2 N–H and O–H groups in total. The predicted molar refractivity (Wildman–Crippen MR) is 113 cm³/mol. The Kier molecular flexibility index (Phi) is 5.95. The van der Waals surface area contributed by atoms with Gasteiger partial charge in [0.15, 0.2) is 0 Å². The number of piperidine rings is 2. The number of benzene rings is 1. The quantitative estimate of drug-likeness (QED) is 0.650. The molecule has 1 aromatic carbocycles. The van der Waals surface area contributed by atoms with Crippen LogP contribution in [0.15, 0.2) is 23.0 Å². The van der Waals surface area contributed by atoms with Gasteiger partial charge in [-0.2, -0.15) is 0 Å². The molecule has 9 heteroatoms. The Balaban J connectivity index is 1.47. The summed E-state index contributed by atoms with van der Waals surface area (Å²) in [7, 11) is 1.68. The molecule has 166 valence electrons. The number of fused-ring (bicyclic) bond motifs is 1. The SMILES string of the molecule is Cn1c(=O)n(C2CCC(=O)NC2=O)c2ccc(CCCN3CCC(CO)CC3=O)cc21. The van der Waals surface area contributed by atoms with Crippen molar-refractivity contribution in [3.05, 3.63) is 34.2 Å². The Labute approximate surface area is 179 Å². The number of aliphatic hydroxyl groups is 1. The third-order valence-corrected chi connectivity index (χ3v) is 6.45. The zero-order valence-electron chi connectivity index (χ0n) is 17.7. The standard InChI is InChI=1S/C22H28N4O5/c1-24-18-11-14(3-2-9-25-10-8-15(13-27)12-20(25)29)4-5-16(18)26(22(24)31)17-6-7-19(28)23-21(17)30/h4-5,11,15,17,27H,2-3,6-10,12-13H2,1H3,(H,23,28,30). The van der Waals surface area contributed by atoms with Gasteiger partial charge in [-0.3, -0.25) is 28.8 Å². The number of aliphatic hydroxyl groups excluding tert-OH is 1. The highest BCUT2D eigenvalue weighted by molar-refractivity contribution is 6.00. The Morgan fingerprint density at radius 1 is 1.13 bits per heavy atom. The van der Waals surface area contributed by atoms with E-state index >= 15 is 0 Å². The van der Waals surface area contributed by atoms with Crippen molar-refractivity contribution in [1.29, 1.82) is 0 Å². The van der Waals surface area contributed by atoms with Crippen LogP contribution in [0.2, 0.25) is 0 Å². The van der Waals surface area contributed by atoms with Crippen molar-refractivity contribution in [1.82, 2.24) is 19.4 Å². The molecule has 2 atom stereocenters. The lowest BCUT2D eigenvalue weighted by atomic mass is 9.97. The summed E-state index contributed by atoms with van der Waals surface area (Å²) < 4.78 is 3.01. The van der Waals surface area contributed by atoms with Crippen LogP contribution in [0.1, 0.15) is 43.7 Å². The lowest BCUT2D eigenvalue weighted by molar-refractivity contribution is -0.136. The number of imide groups is 1. The average Bonchev–Trinajstić information content (AvgIpc) is 2.99. The number of nitrogens with zero attached hydrogens (tertiary/aromatic N) is 3. The summed E-state index contributed by atoms with van der Waals surface area (Å²) in [6, 6.07) is 5.07. The molecule has 1 aromatic heterocycles. The van der Waals surface area contributed by atoms with Crippen LogP contribution in [0, 0.1) is 5.92 Å². The van der Waals surface area contributed by atoms with E-state index in [2.05, 4.69) is 5.32 Å². The minimum Gasteiger partial charge on any atom is -0.396 e. The molecule has 2 fully saturated rings. The van der Waals surface area contributed by atoms with E-state index in [1.807, 2.05) is 23.1 Å². The van der Waals surface area contributed by atoms with Crippen LogP contribution in [0.4, 0.5) is 0 Å². The van der Waals surface area contributed by atoms with E-state index in [-0.39, 0.29) is 36.4 Å². The van der Waals surface area contributed by atoms with Crippen molar-refractivity contribution in [2.45, 2.75) is 44.6 Å². The van der Waals surface area contributed by atoms with Gasteiger partial charge in [0.05, 0.1) is 11.0 Å². The van der Waals surface area contributed by atoms with E-state index in [9.17, 15) is 24.3 Å². The van der Waals surface area contributed by atoms with Gasteiger partial charge in [0.1, 0.15) is 6.04 Å². The first-order valence-electron chi connectivity index (χ1n) is 10.8. The molecule has 0 aliphatic carbocycles. The number of carbonyl (C=O) groups is 3. The number of carbonyl (C=O) groups excluding carboxylic acids is 3. The Hall–Kier alpha value is -2.94. The summed E-state index contributed by atoms with van der Waals surface area (Å²) in [4.78, 5) is 50.6. The minimum absolute atomic E-state index is 0.0663. The van der Waals surface area contributed by atoms with Crippen LogP contribution >= 0.6 is 0 Å². The van der Waals surface area contributed by atoms with Gasteiger partial charge in [-0.25, -0.2) is 4.79 Å². The third-order valence-electron chi connectivity index (χ3n) is 6.45. The summed E-state index contributed by atoms with van der Waals surface area (Å²) in [5.74, 6) is -0.564.